The summed E-state index contributed by atoms with van der Waals surface area (Å²) in [6, 6.07) is 6.14. The van der Waals surface area contributed by atoms with Crippen molar-refractivity contribution in [2.45, 2.75) is 0 Å². The number of aromatic nitrogens is 3. The third-order valence-electron chi connectivity index (χ3n) is 1.83. The molecule has 15 heavy (non-hydrogen) atoms. The van der Waals surface area contributed by atoms with Crippen LogP contribution in [-0.2, 0) is 0 Å². The molecule has 0 saturated heterocycles. The summed E-state index contributed by atoms with van der Waals surface area (Å²) < 4.78 is 13.3. The van der Waals surface area contributed by atoms with Crippen molar-refractivity contribution in [3.8, 4) is 11.3 Å². The largest absolute Gasteiger partial charge is 0.294 e. The molecule has 0 amide bonds. The zero-order chi connectivity index (χ0) is 10.7. The lowest BCUT2D eigenvalue weighted by Crippen LogP contribution is -1.98. The maximum atomic E-state index is 13.3. The van der Waals surface area contributed by atoms with Crippen molar-refractivity contribution in [1.82, 2.24) is 15.2 Å². The molecule has 0 N–H and O–H groups in total. The summed E-state index contributed by atoms with van der Waals surface area (Å²) in [5.74, 6) is -0.467. The summed E-state index contributed by atoms with van der Waals surface area (Å²) in [7, 11) is 0. The molecule has 0 aliphatic heterocycles. The van der Waals surface area contributed by atoms with Crippen molar-refractivity contribution in [3.63, 3.8) is 0 Å². The van der Waals surface area contributed by atoms with Crippen molar-refractivity contribution < 1.29 is 9.18 Å². The minimum absolute atomic E-state index is 0.0595. The van der Waals surface area contributed by atoms with Crippen molar-refractivity contribution in [1.29, 1.82) is 0 Å². The molecule has 2 aromatic rings. The van der Waals surface area contributed by atoms with E-state index in [9.17, 15) is 9.18 Å². The maximum absolute atomic E-state index is 13.3. The monoisotopic (exact) mass is 203 g/mol. The molecule has 1 heterocycles. The van der Waals surface area contributed by atoms with E-state index in [2.05, 4.69) is 15.2 Å². The second kappa shape index (κ2) is 3.91. The standard InChI is InChI=1S/C10H6FN3O/c11-8-4-2-1-3-7(8)9-5-12-14-10(6-15)13-9/h1-6H. The summed E-state index contributed by atoms with van der Waals surface area (Å²) in [6.45, 7) is 0. The molecule has 4 nitrogen and oxygen atoms in total. The van der Waals surface area contributed by atoms with Crippen LogP contribution in [0.15, 0.2) is 30.5 Å². The van der Waals surface area contributed by atoms with Gasteiger partial charge in [0.05, 0.1) is 11.9 Å². The van der Waals surface area contributed by atoms with E-state index < -0.39 is 5.82 Å². The fraction of sp³-hybridized carbons (Fsp3) is 0. The number of hydrogen-bond donors (Lipinski definition) is 0. The average Bonchev–Trinajstić information content (AvgIpc) is 2.30. The lowest BCUT2D eigenvalue weighted by atomic mass is 10.1. The predicted molar refractivity (Wildman–Crippen MR) is 50.6 cm³/mol. The Kier molecular flexibility index (Phi) is 2.45. The molecule has 1 aromatic carbocycles. The smallest absolute Gasteiger partial charge is 0.215 e. The SMILES string of the molecule is O=Cc1nncc(-c2ccccc2F)n1. The van der Waals surface area contributed by atoms with Gasteiger partial charge in [-0.1, -0.05) is 12.1 Å². The number of hydrogen-bond acceptors (Lipinski definition) is 4. The average molecular weight is 203 g/mol. The van der Waals surface area contributed by atoms with Crippen LogP contribution in [0.1, 0.15) is 10.6 Å². The third-order valence-corrected chi connectivity index (χ3v) is 1.83. The van der Waals surface area contributed by atoms with E-state index in [4.69, 9.17) is 0 Å². The Hall–Kier alpha value is -2.17. The molecule has 0 aliphatic rings. The van der Waals surface area contributed by atoms with E-state index in [1.165, 1.54) is 12.3 Å². The van der Waals surface area contributed by atoms with Crippen LogP contribution in [0.2, 0.25) is 0 Å². The van der Waals surface area contributed by atoms with Gasteiger partial charge < -0.3 is 0 Å². The highest BCUT2D eigenvalue weighted by molar-refractivity contribution is 5.70. The maximum Gasteiger partial charge on any atom is 0.215 e. The number of carbonyl (C=O) groups excluding carboxylic acids is 1. The molecular formula is C10H6FN3O. The Morgan fingerprint density at radius 2 is 2.07 bits per heavy atom. The Morgan fingerprint density at radius 3 is 2.80 bits per heavy atom. The van der Waals surface area contributed by atoms with Crippen LogP contribution < -0.4 is 0 Å². The topological polar surface area (TPSA) is 55.7 Å². The number of carbonyl (C=O) groups is 1. The molecule has 0 saturated carbocycles. The van der Waals surface area contributed by atoms with E-state index in [-0.39, 0.29) is 5.82 Å². The zero-order valence-electron chi connectivity index (χ0n) is 7.59. The van der Waals surface area contributed by atoms with Gasteiger partial charge in [0.25, 0.3) is 0 Å². The van der Waals surface area contributed by atoms with Crippen molar-refractivity contribution in [3.05, 3.63) is 42.1 Å². The van der Waals surface area contributed by atoms with Crippen molar-refractivity contribution in [2.75, 3.05) is 0 Å². The second-order valence-corrected chi connectivity index (χ2v) is 2.80. The van der Waals surface area contributed by atoms with Crippen LogP contribution in [-0.4, -0.2) is 21.5 Å². The van der Waals surface area contributed by atoms with Crippen molar-refractivity contribution >= 4 is 6.29 Å². The van der Waals surface area contributed by atoms with Crippen LogP contribution in [0, 0.1) is 5.82 Å². The van der Waals surface area contributed by atoms with Crippen molar-refractivity contribution in [2.24, 2.45) is 0 Å². The first-order valence-corrected chi connectivity index (χ1v) is 4.21. The first-order chi connectivity index (χ1) is 7.31. The van der Waals surface area contributed by atoms with Crippen LogP contribution in [0.3, 0.4) is 0 Å². The number of rotatable bonds is 2. The van der Waals surface area contributed by atoms with E-state index in [1.807, 2.05) is 0 Å². The Bertz CT molecular complexity index is 502. The van der Waals surface area contributed by atoms with Gasteiger partial charge in [-0.3, -0.25) is 4.79 Å². The van der Waals surface area contributed by atoms with Gasteiger partial charge in [-0.2, -0.15) is 5.10 Å². The van der Waals surface area contributed by atoms with Gasteiger partial charge in [-0.25, -0.2) is 9.37 Å². The summed E-state index contributed by atoms with van der Waals surface area (Å²) >= 11 is 0. The molecule has 1 aromatic heterocycles. The van der Waals surface area contributed by atoms with E-state index in [1.54, 1.807) is 18.2 Å². The molecule has 0 spiro atoms. The highest BCUT2D eigenvalue weighted by Crippen LogP contribution is 2.18. The van der Waals surface area contributed by atoms with E-state index >= 15 is 0 Å². The van der Waals surface area contributed by atoms with Crippen LogP contribution in [0.5, 0.6) is 0 Å². The highest BCUT2D eigenvalue weighted by atomic mass is 19.1. The molecule has 0 aliphatic carbocycles. The van der Waals surface area contributed by atoms with Gasteiger partial charge in [-0.05, 0) is 12.1 Å². The lowest BCUT2D eigenvalue weighted by molar-refractivity contribution is 0.111. The van der Waals surface area contributed by atoms with Crippen LogP contribution in [0.25, 0.3) is 11.3 Å². The highest BCUT2D eigenvalue weighted by Gasteiger charge is 2.06. The zero-order valence-corrected chi connectivity index (χ0v) is 7.59. The van der Waals surface area contributed by atoms with Gasteiger partial charge in [0.1, 0.15) is 5.82 Å². The third kappa shape index (κ3) is 1.85. The van der Waals surface area contributed by atoms with Gasteiger partial charge in [-0.15, -0.1) is 5.10 Å². The predicted octanol–water partition coefficient (Wildman–Crippen LogP) is 1.49. The first-order valence-electron chi connectivity index (χ1n) is 4.21. The minimum atomic E-state index is -0.408. The van der Waals surface area contributed by atoms with Gasteiger partial charge in [0.15, 0.2) is 6.29 Å². The Labute approximate surface area is 84.8 Å². The number of benzene rings is 1. The summed E-state index contributed by atoms with van der Waals surface area (Å²) in [4.78, 5) is 14.3. The molecule has 0 bridgehead atoms. The summed E-state index contributed by atoms with van der Waals surface area (Å²) in [5, 5.41) is 7.02. The first kappa shape index (κ1) is 9.39. The number of halogens is 1. The second-order valence-electron chi connectivity index (χ2n) is 2.80. The fourth-order valence-electron chi connectivity index (χ4n) is 1.17. The fourth-order valence-corrected chi connectivity index (χ4v) is 1.17. The summed E-state index contributed by atoms with van der Waals surface area (Å²) in [5.41, 5.74) is 0.598. The van der Waals surface area contributed by atoms with Crippen LogP contribution in [0.4, 0.5) is 4.39 Å². The number of nitrogens with zero attached hydrogens (tertiary/aromatic N) is 3. The molecule has 0 atom stereocenters. The Morgan fingerprint density at radius 1 is 1.27 bits per heavy atom. The molecule has 74 valence electrons. The Balaban J connectivity index is 2.54. The van der Waals surface area contributed by atoms with Gasteiger partial charge in [0, 0.05) is 5.56 Å². The summed E-state index contributed by atoms with van der Waals surface area (Å²) in [6.07, 6.45) is 1.78. The minimum Gasteiger partial charge on any atom is -0.294 e. The quantitative estimate of drug-likeness (QED) is 0.694. The van der Waals surface area contributed by atoms with Gasteiger partial charge in [0.2, 0.25) is 5.82 Å². The molecule has 0 radical (unpaired) electrons. The molecule has 0 unspecified atom stereocenters. The molecule has 5 heteroatoms. The number of aldehydes is 1. The lowest BCUT2D eigenvalue weighted by Gasteiger charge is -2.00. The molecule has 0 fully saturated rings. The van der Waals surface area contributed by atoms with E-state index in [0.717, 1.165) is 0 Å². The molecule has 2 rings (SSSR count). The normalized spacial score (nSPS) is 9.93. The van der Waals surface area contributed by atoms with Gasteiger partial charge >= 0.3 is 0 Å². The van der Waals surface area contributed by atoms with E-state index in [0.29, 0.717) is 17.5 Å². The van der Waals surface area contributed by atoms with Crippen LogP contribution >= 0.6 is 0 Å². The molecular weight excluding hydrogens is 197 g/mol.